The number of urea groups is 1. The fraction of sp³-hybridized carbons (Fsp3) is 0.929. The smallest absolute Gasteiger partial charge is 0.317 e. The van der Waals surface area contributed by atoms with Crippen molar-refractivity contribution in [3.63, 3.8) is 0 Å². The molecule has 1 aliphatic carbocycles. The molecule has 0 spiro atoms. The first-order valence-electron chi connectivity index (χ1n) is 7.43. The summed E-state index contributed by atoms with van der Waals surface area (Å²) in [6, 6.07) is 0.394. The maximum absolute atomic E-state index is 12.3. The Balaban J connectivity index is 1.89. The molecule has 0 aromatic heterocycles. The van der Waals surface area contributed by atoms with E-state index in [1.807, 2.05) is 18.7 Å². The maximum Gasteiger partial charge on any atom is 0.317 e. The van der Waals surface area contributed by atoms with Gasteiger partial charge in [-0.05, 0) is 26.7 Å². The lowest BCUT2D eigenvalue weighted by molar-refractivity contribution is -0.120. The Kier molecular flexibility index (Phi) is 4.68. The second kappa shape index (κ2) is 6.09. The quantitative estimate of drug-likeness (QED) is 0.797. The molecule has 0 aromatic rings. The number of nitrogens with zero attached hydrogens (tertiary/aromatic N) is 1. The van der Waals surface area contributed by atoms with Crippen molar-refractivity contribution in [2.45, 2.75) is 63.7 Å². The predicted molar refractivity (Wildman–Crippen MR) is 75.0 cm³/mol. The third-order valence-corrected chi connectivity index (χ3v) is 3.96. The molecule has 2 aliphatic rings. The number of nitrogens with one attached hydrogen (secondary N) is 1. The fourth-order valence-corrected chi connectivity index (χ4v) is 3.09. The molecule has 5 heteroatoms. The minimum Gasteiger partial charge on any atom is -0.367 e. The van der Waals surface area contributed by atoms with Crippen LogP contribution in [0.3, 0.4) is 0 Å². The summed E-state index contributed by atoms with van der Waals surface area (Å²) in [6.45, 7) is 5.70. The molecule has 1 saturated carbocycles. The van der Waals surface area contributed by atoms with Crippen LogP contribution in [0.4, 0.5) is 4.79 Å². The third kappa shape index (κ3) is 4.08. The van der Waals surface area contributed by atoms with Crippen molar-refractivity contribution in [3.05, 3.63) is 0 Å². The van der Waals surface area contributed by atoms with Gasteiger partial charge >= 0.3 is 6.03 Å². The molecule has 2 rings (SSSR count). The molecular formula is C14H27N3O2. The molecule has 5 nitrogen and oxygen atoms in total. The first kappa shape index (κ1) is 14.6. The Morgan fingerprint density at radius 1 is 1.37 bits per heavy atom. The summed E-state index contributed by atoms with van der Waals surface area (Å²) >= 11 is 0. The Morgan fingerprint density at radius 2 is 2.05 bits per heavy atom. The van der Waals surface area contributed by atoms with E-state index in [0.717, 1.165) is 12.8 Å². The zero-order valence-electron chi connectivity index (χ0n) is 12.2. The Morgan fingerprint density at radius 3 is 2.68 bits per heavy atom. The minimum atomic E-state index is -0.313. The van der Waals surface area contributed by atoms with Crippen molar-refractivity contribution in [1.82, 2.24) is 10.2 Å². The van der Waals surface area contributed by atoms with Crippen LogP contribution in [0.1, 0.15) is 46.0 Å². The first-order valence-corrected chi connectivity index (χ1v) is 7.43. The van der Waals surface area contributed by atoms with E-state index in [4.69, 9.17) is 10.5 Å². The van der Waals surface area contributed by atoms with Crippen LogP contribution in [-0.4, -0.2) is 48.3 Å². The molecule has 1 aliphatic heterocycles. The standard InChI is InChI=1S/C14H27N3O2/c1-14(2)10-17(9-12(8-15)19-14)13(18)16-11-6-4-3-5-7-11/h11-12H,3-10,15H2,1-2H3,(H,16,18). The number of hydrogen-bond acceptors (Lipinski definition) is 3. The number of hydrogen-bond donors (Lipinski definition) is 2. The van der Waals surface area contributed by atoms with Gasteiger partial charge < -0.3 is 20.7 Å². The SMILES string of the molecule is CC1(C)CN(C(=O)NC2CCCCC2)CC(CN)O1. The van der Waals surface area contributed by atoms with Crippen LogP contribution in [0.2, 0.25) is 0 Å². The number of amides is 2. The summed E-state index contributed by atoms with van der Waals surface area (Å²) in [5.74, 6) is 0. The van der Waals surface area contributed by atoms with E-state index in [1.165, 1.54) is 19.3 Å². The predicted octanol–water partition coefficient (Wildman–Crippen LogP) is 1.47. The van der Waals surface area contributed by atoms with Crippen LogP contribution in [0, 0.1) is 0 Å². The number of rotatable bonds is 2. The van der Waals surface area contributed by atoms with Crippen LogP contribution in [-0.2, 0) is 4.74 Å². The lowest BCUT2D eigenvalue weighted by atomic mass is 9.95. The highest BCUT2D eigenvalue weighted by molar-refractivity contribution is 5.74. The maximum atomic E-state index is 12.3. The molecule has 1 heterocycles. The molecular weight excluding hydrogens is 242 g/mol. The molecule has 2 fully saturated rings. The van der Waals surface area contributed by atoms with E-state index in [9.17, 15) is 4.79 Å². The Bertz CT molecular complexity index is 314. The monoisotopic (exact) mass is 269 g/mol. The minimum absolute atomic E-state index is 0.0433. The summed E-state index contributed by atoms with van der Waals surface area (Å²) in [4.78, 5) is 14.2. The molecule has 19 heavy (non-hydrogen) atoms. The lowest BCUT2D eigenvalue weighted by Crippen LogP contribution is -2.59. The van der Waals surface area contributed by atoms with Gasteiger partial charge in [0.05, 0.1) is 18.2 Å². The van der Waals surface area contributed by atoms with Gasteiger partial charge in [-0.15, -0.1) is 0 Å². The average molecular weight is 269 g/mol. The molecule has 110 valence electrons. The van der Waals surface area contributed by atoms with E-state index in [0.29, 0.717) is 25.7 Å². The van der Waals surface area contributed by atoms with Crippen molar-refractivity contribution < 1.29 is 9.53 Å². The van der Waals surface area contributed by atoms with Crippen LogP contribution in [0.5, 0.6) is 0 Å². The van der Waals surface area contributed by atoms with Gasteiger partial charge in [-0.3, -0.25) is 0 Å². The van der Waals surface area contributed by atoms with Crippen LogP contribution >= 0.6 is 0 Å². The average Bonchev–Trinajstić information content (AvgIpc) is 2.38. The molecule has 1 atom stereocenters. The summed E-state index contributed by atoms with van der Waals surface area (Å²) in [5.41, 5.74) is 5.37. The number of carbonyl (C=O) groups is 1. The summed E-state index contributed by atoms with van der Waals surface area (Å²) < 4.78 is 5.85. The molecule has 1 saturated heterocycles. The van der Waals surface area contributed by atoms with E-state index < -0.39 is 0 Å². The zero-order chi connectivity index (χ0) is 13.9. The van der Waals surface area contributed by atoms with Gasteiger partial charge in [-0.2, -0.15) is 0 Å². The van der Waals surface area contributed by atoms with Gasteiger partial charge in [-0.25, -0.2) is 4.79 Å². The van der Waals surface area contributed by atoms with Crippen molar-refractivity contribution in [1.29, 1.82) is 0 Å². The molecule has 2 amide bonds. The second-order valence-electron chi connectivity index (χ2n) is 6.40. The molecule has 0 bridgehead atoms. The van der Waals surface area contributed by atoms with Crippen molar-refractivity contribution in [2.24, 2.45) is 5.73 Å². The topological polar surface area (TPSA) is 67.6 Å². The van der Waals surface area contributed by atoms with Crippen LogP contribution in [0.25, 0.3) is 0 Å². The van der Waals surface area contributed by atoms with E-state index in [1.54, 1.807) is 0 Å². The normalized spacial score (nSPS) is 28.2. The van der Waals surface area contributed by atoms with Gasteiger partial charge in [0.2, 0.25) is 0 Å². The lowest BCUT2D eigenvalue weighted by Gasteiger charge is -2.43. The van der Waals surface area contributed by atoms with Crippen LogP contribution < -0.4 is 11.1 Å². The second-order valence-corrected chi connectivity index (χ2v) is 6.40. The first-order chi connectivity index (χ1) is 9.00. The van der Waals surface area contributed by atoms with Gasteiger partial charge in [0.25, 0.3) is 0 Å². The van der Waals surface area contributed by atoms with Gasteiger partial charge in [0, 0.05) is 19.1 Å². The zero-order valence-corrected chi connectivity index (χ0v) is 12.2. The van der Waals surface area contributed by atoms with E-state index in [2.05, 4.69) is 5.32 Å². The number of ether oxygens (including phenoxy) is 1. The number of nitrogens with two attached hydrogens (primary N) is 1. The highest BCUT2D eigenvalue weighted by Gasteiger charge is 2.35. The van der Waals surface area contributed by atoms with Gasteiger partial charge in [0.1, 0.15) is 0 Å². The highest BCUT2D eigenvalue weighted by Crippen LogP contribution is 2.22. The molecule has 1 unspecified atom stereocenters. The van der Waals surface area contributed by atoms with Crippen LogP contribution in [0.15, 0.2) is 0 Å². The van der Waals surface area contributed by atoms with Gasteiger partial charge in [-0.1, -0.05) is 19.3 Å². The van der Waals surface area contributed by atoms with E-state index >= 15 is 0 Å². The summed E-state index contributed by atoms with van der Waals surface area (Å²) in [6.07, 6.45) is 5.92. The number of carbonyl (C=O) groups excluding carboxylic acids is 1. The largest absolute Gasteiger partial charge is 0.367 e. The summed E-state index contributed by atoms with van der Waals surface area (Å²) in [7, 11) is 0. The third-order valence-electron chi connectivity index (χ3n) is 3.96. The molecule has 3 N–H and O–H groups in total. The highest BCUT2D eigenvalue weighted by atomic mass is 16.5. The van der Waals surface area contributed by atoms with E-state index in [-0.39, 0.29) is 17.7 Å². The van der Waals surface area contributed by atoms with Gasteiger partial charge in [0.15, 0.2) is 0 Å². The summed E-state index contributed by atoms with van der Waals surface area (Å²) in [5, 5.41) is 3.16. The Labute approximate surface area is 115 Å². The molecule has 0 radical (unpaired) electrons. The number of morpholine rings is 1. The van der Waals surface area contributed by atoms with Crippen molar-refractivity contribution >= 4 is 6.03 Å². The Hall–Kier alpha value is -0.810. The van der Waals surface area contributed by atoms with Crippen molar-refractivity contribution in [3.8, 4) is 0 Å². The molecule has 0 aromatic carbocycles. The van der Waals surface area contributed by atoms with Crippen molar-refractivity contribution in [2.75, 3.05) is 19.6 Å². The fourth-order valence-electron chi connectivity index (χ4n) is 3.09.